The smallest absolute Gasteiger partial charge is 0.320 e. The Bertz CT molecular complexity index is 967. The number of nitrogens with zero attached hydrogens (tertiary/aromatic N) is 3. The van der Waals surface area contributed by atoms with Crippen molar-refractivity contribution in [3.8, 4) is 11.1 Å². The van der Waals surface area contributed by atoms with Gasteiger partial charge in [-0.05, 0) is 35.4 Å². The molecular weight excluding hydrogens is 348 g/mol. The van der Waals surface area contributed by atoms with Gasteiger partial charge in [0.15, 0.2) is 0 Å². The molecule has 0 aliphatic rings. The van der Waals surface area contributed by atoms with Crippen molar-refractivity contribution in [2.24, 2.45) is 12.8 Å². The van der Waals surface area contributed by atoms with Crippen LogP contribution in [-0.2, 0) is 18.3 Å². The van der Waals surface area contributed by atoms with E-state index in [2.05, 4.69) is 4.98 Å². The fourth-order valence-electron chi connectivity index (χ4n) is 2.99. The number of fused-ring (bicyclic) bond motifs is 1. The topological polar surface area (TPSA) is 124 Å². The Hall–Kier alpha value is -3.26. The summed E-state index contributed by atoms with van der Waals surface area (Å²) < 4.78 is 1.74. The number of nitrogens with two attached hydrogens (primary N) is 1. The number of carboxylic acids is 1. The first-order chi connectivity index (χ1) is 12.9. The predicted octanol–water partition coefficient (Wildman–Crippen LogP) is 3.13. The molecule has 27 heavy (non-hydrogen) atoms. The molecule has 8 nitrogen and oxygen atoms in total. The Kier molecular flexibility index (Phi) is 6.25. The SMILES string of the molecule is CC.Cn1cc(CC(N)C(=O)O)c2c([N+](=O)[O-])c(-c3ccncc3)ccc21. The molecule has 0 aliphatic carbocycles. The average molecular weight is 370 g/mol. The summed E-state index contributed by atoms with van der Waals surface area (Å²) in [6.45, 7) is 4.00. The highest BCUT2D eigenvalue weighted by Crippen LogP contribution is 2.39. The Balaban J connectivity index is 0.00000126. The monoisotopic (exact) mass is 370 g/mol. The molecule has 0 aliphatic heterocycles. The summed E-state index contributed by atoms with van der Waals surface area (Å²) in [5.41, 5.74) is 7.89. The third-order valence-electron chi connectivity index (χ3n) is 4.14. The Morgan fingerprint density at radius 3 is 2.48 bits per heavy atom. The minimum Gasteiger partial charge on any atom is -0.480 e. The maximum Gasteiger partial charge on any atom is 0.320 e. The Labute approximate surface area is 156 Å². The van der Waals surface area contributed by atoms with Crippen molar-refractivity contribution in [1.29, 1.82) is 0 Å². The number of pyridine rings is 1. The van der Waals surface area contributed by atoms with E-state index in [1.807, 2.05) is 13.8 Å². The zero-order chi connectivity index (χ0) is 20.1. The lowest BCUT2D eigenvalue weighted by molar-refractivity contribution is -0.382. The summed E-state index contributed by atoms with van der Waals surface area (Å²) in [5, 5.41) is 21.3. The number of nitro benzene ring substituents is 1. The van der Waals surface area contributed by atoms with Gasteiger partial charge >= 0.3 is 5.97 Å². The normalized spacial score (nSPS) is 11.6. The largest absolute Gasteiger partial charge is 0.480 e. The molecule has 2 aromatic heterocycles. The van der Waals surface area contributed by atoms with Crippen LogP contribution in [0.15, 0.2) is 42.9 Å². The molecule has 3 rings (SSSR count). The first kappa shape index (κ1) is 20.1. The maximum atomic E-state index is 11.8. The average Bonchev–Trinajstić information content (AvgIpc) is 2.98. The second-order valence-corrected chi connectivity index (χ2v) is 5.76. The lowest BCUT2D eigenvalue weighted by atomic mass is 9.98. The maximum absolute atomic E-state index is 11.8. The van der Waals surface area contributed by atoms with Gasteiger partial charge in [0.25, 0.3) is 5.69 Å². The van der Waals surface area contributed by atoms with Crippen LogP contribution in [0.1, 0.15) is 19.4 Å². The second kappa shape index (κ2) is 8.41. The van der Waals surface area contributed by atoms with Gasteiger partial charge in [-0.2, -0.15) is 0 Å². The van der Waals surface area contributed by atoms with E-state index in [9.17, 15) is 14.9 Å². The van der Waals surface area contributed by atoms with Crippen molar-refractivity contribution in [2.75, 3.05) is 0 Å². The molecule has 1 unspecified atom stereocenters. The number of aliphatic carboxylic acids is 1. The van der Waals surface area contributed by atoms with Crippen molar-refractivity contribution >= 4 is 22.6 Å². The van der Waals surface area contributed by atoms with Crippen LogP contribution in [0, 0.1) is 10.1 Å². The van der Waals surface area contributed by atoms with Gasteiger partial charge in [0.05, 0.1) is 21.4 Å². The van der Waals surface area contributed by atoms with Gasteiger partial charge in [-0.3, -0.25) is 19.9 Å². The van der Waals surface area contributed by atoms with Gasteiger partial charge in [0.2, 0.25) is 0 Å². The number of carboxylic acid groups (broad SMARTS) is 1. The molecule has 3 aromatic rings. The van der Waals surface area contributed by atoms with Gasteiger partial charge < -0.3 is 15.4 Å². The summed E-state index contributed by atoms with van der Waals surface area (Å²) in [5.74, 6) is -1.15. The minimum atomic E-state index is -1.15. The van der Waals surface area contributed by atoms with Crippen LogP contribution >= 0.6 is 0 Å². The van der Waals surface area contributed by atoms with Gasteiger partial charge in [-0.1, -0.05) is 13.8 Å². The van der Waals surface area contributed by atoms with Crippen molar-refractivity contribution in [1.82, 2.24) is 9.55 Å². The number of hydrogen-bond acceptors (Lipinski definition) is 5. The van der Waals surface area contributed by atoms with E-state index in [-0.39, 0.29) is 12.1 Å². The second-order valence-electron chi connectivity index (χ2n) is 5.76. The molecule has 0 spiro atoms. The third-order valence-corrected chi connectivity index (χ3v) is 4.14. The highest BCUT2D eigenvalue weighted by atomic mass is 16.6. The van der Waals surface area contributed by atoms with Crippen molar-refractivity contribution in [2.45, 2.75) is 26.3 Å². The molecule has 0 saturated carbocycles. The fraction of sp³-hybridized carbons (Fsp3) is 0.263. The molecule has 2 heterocycles. The van der Waals surface area contributed by atoms with Crippen LogP contribution in [0.3, 0.4) is 0 Å². The zero-order valence-electron chi connectivity index (χ0n) is 15.4. The van der Waals surface area contributed by atoms with E-state index >= 15 is 0 Å². The minimum absolute atomic E-state index is 0.00725. The molecule has 0 fully saturated rings. The first-order valence-electron chi connectivity index (χ1n) is 8.54. The molecule has 8 heteroatoms. The predicted molar refractivity (Wildman–Crippen MR) is 103 cm³/mol. The zero-order valence-corrected chi connectivity index (χ0v) is 15.4. The first-order valence-corrected chi connectivity index (χ1v) is 8.54. The van der Waals surface area contributed by atoms with Crippen LogP contribution in [0.4, 0.5) is 5.69 Å². The van der Waals surface area contributed by atoms with Crippen molar-refractivity contribution in [3.63, 3.8) is 0 Å². The molecule has 1 atom stereocenters. The molecule has 0 radical (unpaired) electrons. The van der Waals surface area contributed by atoms with Crippen LogP contribution < -0.4 is 5.73 Å². The number of nitro groups is 1. The molecular formula is C19H22N4O4. The number of benzene rings is 1. The summed E-state index contributed by atoms with van der Waals surface area (Å²) in [6.07, 6.45) is 4.83. The molecule has 0 amide bonds. The number of rotatable bonds is 5. The highest BCUT2D eigenvalue weighted by molar-refractivity contribution is 5.99. The third kappa shape index (κ3) is 3.95. The van der Waals surface area contributed by atoms with Gasteiger partial charge in [-0.15, -0.1) is 0 Å². The molecule has 3 N–H and O–H groups in total. The molecule has 142 valence electrons. The highest BCUT2D eigenvalue weighted by Gasteiger charge is 2.26. The van der Waals surface area contributed by atoms with E-state index in [4.69, 9.17) is 10.8 Å². The van der Waals surface area contributed by atoms with E-state index in [1.54, 1.807) is 54.5 Å². The fourth-order valence-corrected chi connectivity index (χ4v) is 2.99. The van der Waals surface area contributed by atoms with E-state index in [0.29, 0.717) is 27.6 Å². The van der Waals surface area contributed by atoms with Gasteiger partial charge in [0.1, 0.15) is 6.04 Å². The summed E-state index contributed by atoms with van der Waals surface area (Å²) in [4.78, 5) is 26.4. The quantitative estimate of drug-likeness (QED) is 0.525. The lowest BCUT2D eigenvalue weighted by Gasteiger charge is -2.08. The van der Waals surface area contributed by atoms with Crippen LogP contribution in [-0.4, -0.2) is 31.6 Å². The number of hydrogen-bond donors (Lipinski definition) is 2. The molecule has 1 aromatic carbocycles. The van der Waals surface area contributed by atoms with Crippen molar-refractivity contribution < 1.29 is 14.8 Å². The van der Waals surface area contributed by atoms with E-state index in [1.165, 1.54) is 0 Å². The summed E-state index contributed by atoms with van der Waals surface area (Å²) >= 11 is 0. The Morgan fingerprint density at radius 1 is 1.30 bits per heavy atom. The summed E-state index contributed by atoms with van der Waals surface area (Å²) in [6, 6.07) is 5.74. The number of aryl methyl sites for hydroxylation is 1. The van der Waals surface area contributed by atoms with E-state index in [0.717, 1.165) is 0 Å². The Morgan fingerprint density at radius 2 is 1.93 bits per heavy atom. The lowest BCUT2D eigenvalue weighted by Crippen LogP contribution is -2.32. The van der Waals surface area contributed by atoms with Crippen LogP contribution in [0.25, 0.3) is 22.0 Å². The molecule has 0 bridgehead atoms. The van der Waals surface area contributed by atoms with E-state index < -0.39 is 16.9 Å². The van der Waals surface area contributed by atoms with Crippen LogP contribution in [0.5, 0.6) is 0 Å². The van der Waals surface area contributed by atoms with Crippen LogP contribution in [0.2, 0.25) is 0 Å². The van der Waals surface area contributed by atoms with Crippen molar-refractivity contribution in [3.05, 3.63) is 58.5 Å². The number of aromatic nitrogens is 2. The number of carbonyl (C=O) groups is 1. The summed E-state index contributed by atoms with van der Waals surface area (Å²) in [7, 11) is 1.76. The molecule has 0 saturated heterocycles. The standard InChI is InChI=1S/C17H16N4O4.C2H6/c1-20-9-11(8-13(18)17(22)23)15-14(20)3-2-12(16(15)21(24)25)10-4-6-19-7-5-10;1-2/h2-7,9,13H,8,18H2,1H3,(H,22,23);1-2H3. The van der Waals surface area contributed by atoms with Gasteiger partial charge in [0, 0.05) is 32.1 Å². The van der Waals surface area contributed by atoms with Gasteiger partial charge in [-0.25, -0.2) is 0 Å².